The average molecular weight is 1280 g/mol. The number of para-hydroxylation sites is 2. The smallest absolute Gasteiger partial charge is 0.543 e. The summed E-state index contributed by atoms with van der Waals surface area (Å²) < 4.78 is 12.9. The standard InChI is InChI=1S/2C24H20N6O8S3.2Na/c2*31-15(32)8-29-24(26-27-28-29)41-11-13-10-40-21-17(20(34)30(21)18(13)22(35)36)25-19(33)16(12-6-7-39-9-12)23(37)38-14-4-2-1-3-5-14;;/h2*1-7,9,16-17,21H,8,10-11H2,(H,25,33)(H,31,32)(H,35,36);;/q;;2*+1/p-2/t2*16?,17?,21-;;/m11../s1. The zero-order chi connectivity index (χ0) is 58.2. The van der Waals surface area contributed by atoms with Crippen LogP contribution in [0.3, 0.4) is 0 Å². The molecule has 8 heterocycles. The zero-order valence-corrected chi connectivity index (χ0v) is 52.4. The number of β-lactam (4-membered cyclic amide) rings is 2. The monoisotopic (exact) mass is 1280 g/mol. The van der Waals surface area contributed by atoms with Crippen molar-refractivity contribution in [2.24, 2.45) is 0 Å². The number of carboxylic acids is 4. The van der Waals surface area contributed by atoms with Crippen LogP contribution in [0.4, 0.5) is 0 Å². The van der Waals surface area contributed by atoms with E-state index in [1.807, 2.05) is 0 Å². The van der Waals surface area contributed by atoms with Gasteiger partial charge in [-0.25, -0.2) is 9.36 Å². The number of ether oxygens (including phenoxy) is 2. The number of carbonyl (C=O) groups excluding carboxylic acids is 8. The van der Waals surface area contributed by atoms with E-state index in [0.29, 0.717) is 22.3 Å². The molecule has 4 N–H and O–H groups in total. The molecule has 0 radical (unpaired) electrons. The van der Waals surface area contributed by atoms with E-state index < -0.39 is 107 Å². The van der Waals surface area contributed by atoms with Gasteiger partial charge in [0.05, 0.1) is 23.3 Å². The number of benzene rings is 2. The summed E-state index contributed by atoms with van der Waals surface area (Å²) >= 11 is 7.06. The molecule has 6 atom stereocenters. The number of carbonyl (C=O) groups is 10. The van der Waals surface area contributed by atoms with Gasteiger partial charge in [-0.3, -0.25) is 48.2 Å². The van der Waals surface area contributed by atoms with E-state index in [9.17, 15) is 58.2 Å². The molecule has 4 unspecified atom stereocenters. The molecule has 28 nitrogen and oxygen atoms in total. The molecule has 36 heteroatoms. The number of aliphatic carboxylic acids is 4. The number of thiophene rings is 2. The minimum atomic E-state index is -1.57. The molecule has 0 saturated carbocycles. The van der Waals surface area contributed by atoms with Gasteiger partial charge in [-0.1, -0.05) is 59.9 Å². The van der Waals surface area contributed by atoms with E-state index in [-0.39, 0.29) is 115 Å². The first-order valence-electron chi connectivity index (χ1n) is 23.6. The average Bonchev–Trinajstić information content (AvgIpc) is 1.01. The van der Waals surface area contributed by atoms with Gasteiger partial charge in [0, 0.05) is 23.0 Å². The van der Waals surface area contributed by atoms with Crippen LogP contribution in [0, 0.1) is 0 Å². The number of tetrazole rings is 2. The van der Waals surface area contributed by atoms with Crippen molar-refractivity contribution in [1.29, 1.82) is 0 Å². The van der Waals surface area contributed by atoms with E-state index in [0.717, 1.165) is 42.7 Å². The summed E-state index contributed by atoms with van der Waals surface area (Å²) in [4.78, 5) is 127. The van der Waals surface area contributed by atoms with Crippen molar-refractivity contribution >= 4 is 129 Å². The van der Waals surface area contributed by atoms with Crippen LogP contribution in [0.25, 0.3) is 0 Å². The first kappa shape index (κ1) is 65.1. The van der Waals surface area contributed by atoms with Crippen LogP contribution in [0.5, 0.6) is 11.5 Å². The second kappa shape index (κ2) is 29.6. The molecule has 0 aliphatic carbocycles. The van der Waals surface area contributed by atoms with Gasteiger partial charge in [-0.2, -0.15) is 22.7 Å². The third kappa shape index (κ3) is 15.0. The number of rotatable bonds is 22. The molecule has 2 saturated heterocycles. The molecule has 10 rings (SSSR count). The maximum Gasteiger partial charge on any atom is 1.00 e. The van der Waals surface area contributed by atoms with Crippen LogP contribution in [0.15, 0.2) is 127 Å². The number of nitrogens with one attached hydrogen (secondary N) is 2. The Morgan fingerprint density at radius 3 is 1.32 bits per heavy atom. The summed E-state index contributed by atoms with van der Waals surface area (Å²) in [5.41, 5.74) is 0.837. The number of thioether (sulfide) groups is 4. The third-order valence-electron chi connectivity index (χ3n) is 12.1. The van der Waals surface area contributed by atoms with Crippen molar-refractivity contribution < 1.29 is 137 Å². The largest absolute Gasteiger partial charge is 1.00 e. The summed E-state index contributed by atoms with van der Waals surface area (Å²) in [6, 6.07) is 17.6. The minimum Gasteiger partial charge on any atom is -0.543 e. The molecule has 424 valence electrons. The number of hydrogen-bond acceptors (Lipinski definition) is 26. The van der Waals surface area contributed by atoms with Gasteiger partial charge in [0.2, 0.25) is 22.1 Å². The Morgan fingerprint density at radius 2 is 0.988 bits per heavy atom. The fourth-order valence-electron chi connectivity index (χ4n) is 8.39. The van der Waals surface area contributed by atoms with Crippen LogP contribution in [0.1, 0.15) is 23.0 Å². The molecule has 4 aliphatic heterocycles. The van der Waals surface area contributed by atoms with Crippen molar-refractivity contribution in [3.8, 4) is 11.5 Å². The Hall–Kier alpha value is -6.44. The van der Waals surface area contributed by atoms with Crippen LogP contribution in [-0.4, -0.2) is 166 Å². The Labute approximate surface area is 542 Å². The Balaban J connectivity index is 0.000000235. The quantitative estimate of drug-likeness (QED) is 0.0123. The van der Waals surface area contributed by atoms with Crippen molar-refractivity contribution in [3.05, 3.63) is 128 Å². The van der Waals surface area contributed by atoms with E-state index in [4.69, 9.17) is 19.7 Å². The molecule has 4 aromatic heterocycles. The number of carboxylic acid groups (broad SMARTS) is 4. The van der Waals surface area contributed by atoms with Crippen LogP contribution >= 0.6 is 69.7 Å². The molecular formula is C48H38N12Na2O16S6. The van der Waals surface area contributed by atoms with Crippen molar-refractivity contribution in [3.63, 3.8) is 0 Å². The Morgan fingerprint density at radius 1 is 0.607 bits per heavy atom. The second-order valence-electron chi connectivity index (χ2n) is 17.3. The molecule has 0 bridgehead atoms. The van der Waals surface area contributed by atoms with Gasteiger partial charge in [-0.05, 0) is 101 Å². The van der Waals surface area contributed by atoms with Crippen LogP contribution < -0.4 is 89.4 Å². The zero-order valence-electron chi connectivity index (χ0n) is 43.5. The maximum atomic E-state index is 13.3. The van der Waals surface area contributed by atoms with E-state index >= 15 is 0 Å². The number of fused-ring (bicyclic) bond motifs is 2. The summed E-state index contributed by atoms with van der Waals surface area (Å²) in [6.45, 7) is -0.953. The number of esters is 2. The SMILES string of the molecule is O=C(O)Cn1nnnc1SCC1=C(C(=O)[O-])N2C(=O)C(NC(=O)C(C(=O)Oc3ccccc3)c3ccsc3)[C@H]2SC1.O=C(O)Cn1nnnc1SCC1=C(C(=O)[O-])N2C(=O)C(NC(=O)C(C(=O)Oc3ccccc3)c3ccsc3)[C@H]2SC1.[Na+].[Na+]. The minimum absolute atomic E-state index is 0. The van der Waals surface area contributed by atoms with Gasteiger partial charge >= 0.3 is 83.0 Å². The molecule has 84 heavy (non-hydrogen) atoms. The summed E-state index contributed by atoms with van der Waals surface area (Å²) in [5.74, 6) is -11.7. The number of nitrogens with zero attached hydrogens (tertiary/aromatic N) is 10. The van der Waals surface area contributed by atoms with E-state index in [2.05, 4.69) is 41.7 Å². The van der Waals surface area contributed by atoms with E-state index in [1.54, 1.807) is 94.3 Å². The topological polar surface area (TPSA) is 393 Å². The predicted molar refractivity (Wildman–Crippen MR) is 285 cm³/mol. The fraction of sp³-hybridized carbons (Fsp3) is 0.250. The van der Waals surface area contributed by atoms with Gasteiger partial charge in [-0.15, -0.1) is 33.7 Å². The maximum absolute atomic E-state index is 13.3. The van der Waals surface area contributed by atoms with Gasteiger partial charge < -0.3 is 50.1 Å². The first-order valence-corrected chi connectivity index (χ1v) is 29.6. The molecule has 4 aliphatic rings. The van der Waals surface area contributed by atoms with Gasteiger partial charge in [0.25, 0.3) is 11.8 Å². The van der Waals surface area contributed by atoms with E-state index in [1.165, 1.54) is 46.2 Å². The molecule has 2 aromatic carbocycles. The number of aromatic nitrogens is 8. The number of hydrogen-bond donors (Lipinski definition) is 4. The number of amides is 4. The first-order chi connectivity index (χ1) is 39.5. The summed E-state index contributed by atoms with van der Waals surface area (Å²) in [7, 11) is 0. The summed E-state index contributed by atoms with van der Waals surface area (Å²) in [6.07, 6.45) is 0. The predicted octanol–water partition coefficient (Wildman–Crippen LogP) is -6.58. The third-order valence-corrected chi connectivity index (χ3v) is 18.2. The summed E-state index contributed by atoms with van der Waals surface area (Å²) in [5, 5.41) is 74.4. The molecular weight excluding hydrogens is 1240 g/mol. The molecule has 0 spiro atoms. The Kier molecular flexibility index (Phi) is 22.9. The van der Waals surface area contributed by atoms with Crippen LogP contribution in [-0.2, 0) is 61.0 Å². The van der Waals surface area contributed by atoms with Crippen molar-refractivity contribution in [1.82, 2.24) is 60.8 Å². The van der Waals surface area contributed by atoms with Gasteiger partial charge in [0.15, 0.2) is 11.8 Å². The fourth-order valence-corrected chi connectivity index (χ4v) is 14.5. The normalized spacial score (nSPS) is 18.3. The molecule has 6 aromatic rings. The Bertz CT molecular complexity index is 3300. The van der Waals surface area contributed by atoms with Gasteiger partial charge in [0.1, 0.15) is 47.4 Å². The van der Waals surface area contributed by atoms with Crippen molar-refractivity contribution in [2.75, 3.05) is 23.0 Å². The van der Waals surface area contributed by atoms with Crippen molar-refractivity contribution in [2.45, 2.75) is 58.1 Å². The second-order valence-corrected chi connectivity index (χ2v) is 23.0. The van der Waals surface area contributed by atoms with Crippen LogP contribution in [0.2, 0.25) is 0 Å². The molecule has 4 amide bonds. The molecule has 2 fully saturated rings.